The Bertz CT molecular complexity index is 283. The fourth-order valence-electron chi connectivity index (χ4n) is 4.04. The number of hydrogen-bond acceptors (Lipinski definition) is 2. The van der Waals surface area contributed by atoms with Crippen molar-refractivity contribution in [2.45, 2.75) is 83.8 Å². The molecule has 1 spiro atoms. The van der Waals surface area contributed by atoms with E-state index in [-0.39, 0.29) is 5.60 Å². The molecule has 2 heteroatoms. The fraction of sp³-hybridized carbons (Fsp3) is 1.00. The highest BCUT2D eigenvalue weighted by atomic mass is 16.5. The molecule has 112 valence electrons. The van der Waals surface area contributed by atoms with Crippen molar-refractivity contribution < 1.29 is 4.74 Å². The quantitative estimate of drug-likeness (QED) is 0.808. The Labute approximate surface area is 119 Å². The van der Waals surface area contributed by atoms with E-state index in [2.05, 4.69) is 33.1 Å². The van der Waals surface area contributed by atoms with E-state index in [4.69, 9.17) is 4.74 Å². The Kier molecular flexibility index (Phi) is 4.94. The van der Waals surface area contributed by atoms with E-state index in [1.54, 1.807) is 0 Å². The average Bonchev–Trinajstić information content (AvgIpc) is 2.73. The van der Waals surface area contributed by atoms with Gasteiger partial charge in [0.25, 0.3) is 0 Å². The van der Waals surface area contributed by atoms with Gasteiger partial charge in [-0.1, -0.05) is 40.0 Å². The summed E-state index contributed by atoms with van der Waals surface area (Å²) in [5.74, 6) is 0.700. The van der Waals surface area contributed by atoms with Gasteiger partial charge in [0, 0.05) is 6.54 Å². The van der Waals surface area contributed by atoms with Crippen LogP contribution in [0.1, 0.15) is 72.1 Å². The molecule has 0 aromatic heterocycles. The average molecular weight is 267 g/mol. The molecule has 2 fully saturated rings. The van der Waals surface area contributed by atoms with Crippen molar-refractivity contribution in [1.82, 2.24) is 5.32 Å². The molecule has 0 aromatic carbocycles. The van der Waals surface area contributed by atoms with Crippen LogP contribution in [0.2, 0.25) is 0 Å². The molecule has 1 heterocycles. The molecular weight excluding hydrogens is 234 g/mol. The van der Waals surface area contributed by atoms with Gasteiger partial charge >= 0.3 is 0 Å². The molecule has 0 aromatic rings. The first kappa shape index (κ1) is 15.3. The summed E-state index contributed by atoms with van der Waals surface area (Å²) in [4.78, 5) is 0. The normalized spacial score (nSPS) is 29.8. The van der Waals surface area contributed by atoms with Crippen molar-refractivity contribution in [2.75, 3.05) is 13.6 Å². The van der Waals surface area contributed by atoms with Crippen LogP contribution in [0.25, 0.3) is 0 Å². The third-order valence-electron chi connectivity index (χ3n) is 5.77. The van der Waals surface area contributed by atoms with Crippen LogP contribution in [-0.4, -0.2) is 25.3 Å². The van der Waals surface area contributed by atoms with Crippen molar-refractivity contribution >= 4 is 0 Å². The SMILES string of the molecule is CNCC(C)(CC1CCC2(CCCCC2)O1)C(C)C. The van der Waals surface area contributed by atoms with Gasteiger partial charge in [-0.2, -0.15) is 0 Å². The summed E-state index contributed by atoms with van der Waals surface area (Å²) in [6.45, 7) is 8.21. The standard InChI is InChI=1S/C17H33NO/c1-14(2)16(3,13-18-4)12-15-8-11-17(19-15)9-6-5-7-10-17/h14-15,18H,5-13H2,1-4H3. The first-order chi connectivity index (χ1) is 9.00. The van der Waals surface area contributed by atoms with Crippen LogP contribution >= 0.6 is 0 Å². The molecule has 2 aliphatic rings. The monoisotopic (exact) mass is 267 g/mol. The summed E-state index contributed by atoms with van der Waals surface area (Å²) in [5.41, 5.74) is 0.639. The van der Waals surface area contributed by atoms with E-state index in [0.29, 0.717) is 17.4 Å². The van der Waals surface area contributed by atoms with Crippen LogP contribution in [0, 0.1) is 11.3 Å². The van der Waals surface area contributed by atoms with Crippen molar-refractivity contribution in [3.05, 3.63) is 0 Å². The first-order valence-corrected chi connectivity index (χ1v) is 8.32. The summed E-state index contributed by atoms with van der Waals surface area (Å²) in [5, 5.41) is 3.38. The van der Waals surface area contributed by atoms with Crippen LogP contribution in [0.5, 0.6) is 0 Å². The minimum Gasteiger partial charge on any atom is -0.372 e. The van der Waals surface area contributed by atoms with E-state index < -0.39 is 0 Å². The van der Waals surface area contributed by atoms with E-state index in [1.165, 1.54) is 51.4 Å². The molecule has 1 saturated heterocycles. The second-order valence-electron chi connectivity index (χ2n) is 7.57. The molecule has 2 unspecified atom stereocenters. The predicted octanol–water partition coefficient (Wildman–Crippen LogP) is 4.14. The number of nitrogens with one attached hydrogen (secondary N) is 1. The molecule has 1 aliphatic carbocycles. The van der Waals surface area contributed by atoms with Gasteiger partial charge in [0.2, 0.25) is 0 Å². The van der Waals surface area contributed by atoms with E-state index in [0.717, 1.165) is 6.54 Å². The Morgan fingerprint density at radius 3 is 2.47 bits per heavy atom. The predicted molar refractivity (Wildman–Crippen MR) is 81.4 cm³/mol. The number of ether oxygens (including phenoxy) is 1. The first-order valence-electron chi connectivity index (χ1n) is 8.32. The largest absolute Gasteiger partial charge is 0.372 e. The van der Waals surface area contributed by atoms with Crippen LogP contribution in [0.4, 0.5) is 0 Å². The lowest BCUT2D eigenvalue weighted by Crippen LogP contribution is -2.39. The summed E-state index contributed by atoms with van der Waals surface area (Å²) >= 11 is 0. The van der Waals surface area contributed by atoms with Gasteiger partial charge < -0.3 is 10.1 Å². The van der Waals surface area contributed by atoms with E-state index in [1.807, 2.05) is 0 Å². The van der Waals surface area contributed by atoms with Crippen LogP contribution in [-0.2, 0) is 4.74 Å². The van der Waals surface area contributed by atoms with Gasteiger partial charge in [-0.3, -0.25) is 0 Å². The molecule has 1 saturated carbocycles. The molecule has 0 bridgehead atoms. The Morgan fingerprint density at radius 2 is 1.89 bits per heavy atom. The lowest BCUT2D eigenvalue weighted by atomic mass is 9.74. The van der Waals surface area contributed by atoms with Crippen LogP contribution < -0.4 is 5.32 Å². The van der Waals surface area contributed by atoms with Crippen molar-refractivity contribution in [3.63, 3.8) is 0 Å². The van der Waals surface area contributed by atoms with Crippen molar-refractivity contribution in [2.24, 2.45) is 11.3 Å². The number of hydrogen-bond donors (Lipinski definition) is 1. The molecule has 1 N–H and O–H groups in total. The maximum atomic E-state index is 6.55. The molecule has 2 rings (SSSR count). The van der Waals surface area contributed by atoms with Gasteiger partial charge in [-0.25, -0.2) is 0 Å². The molecule has 0 radical (unpaired) electrons. The molecule has 19 heavy (non-hydrogen) atoms. The van der Waals surface area contributed by atoms with Gasteiger partial charge in [-0.15, -0.1) is 0 Å². The van der Waals surface area contributed by atoms with Crippen molar-refractivity contribution in [1.29, 1.82) is 0 Å². The van der Waals surface area contributed by atoms with Crippen LogP contribution in [0.3, 0.4) is 0 Å². The zero-order valence-corrected chi connectivity index (χ0v) is 13.4. The Morgan fingerprint density at radius 1 is 1.21 bits per heavy atom. The second kappa shape index (κ2) is 6.13. The van der Waals surface area contributed by atoms with Gasteiger partial charge in [0.15, 0.2) is 0 Å². The smallest absolute Gasteiger partial charge is 0.0687 e. The summed E-state index contributed by atoms with van der Waals surface area (Å²) < 4.78 is 6.55. The minimum atomic E-state index is 0.278. The minimum absolute atomic E-state index is 0.278. The highest BCUT2D eigenvalue weighted by Gasteiger charge is 2.43. The van der Waals surface area contributed by atoms with E-state index >= 15 is 0 Å². The fourth-order valence-corrected chi connectivity index (χ4v) is 4.04. The third kappa shape index (κ3) is 3.52. The lowest BCUT2D eigenvalue weighted by Gasteiger charge is -2.38. The summed E-state index contributed by atoms with van der Waals surface area (Å²) in [6, 6.07) is 0. The zero-order chi connectivity index (χ0) is 13.9. The Hall–Kier alpha value is -0.0800. The molecular formula is C17H33NO. The molecule has 2 nitrogen and oxygen atoms in total. The molecule has 0 amide bonds. The Balaban J connectivity index is 1.93. The summed E-state index contributed by atoms with van der Waals surface area (Å²) in [7, 11) is 2.07. The highest BCUT2D eigenvalue weighted by Crippen LogP contribution is 2.45. The van der Waals surface area contributed by atoms with Gasteiger partial charge in [-0.05, 0) is 50.5 Å². The highest BCUT2D eigenvalue weighted by molar-refractivity contribution is 4.94. The van der Waals surface area contributed by atoms with Gasteiger partial charge in [0.1, 0.15) is 0 Å². The van der Waals surface area contributed by atoms with Crippen LogP contribution in [0.15, 0.2) is 0 Å². The maximum Gasteiger partial charge on any atom is 0.0687 e. The van der Waals surface area contributed by atoms with E-state index in [9.17, 15) is 0 Å². The van der Waals surface area contributed by atoms with Crippen molar-refractivity contribution in [3.8, 4) is 0 Å². The second-order valence-corrected chi connectivity index (χ2v) is 7.57. The number of rotatable bonds is 5. The topological polar surface area (TPSA) is 21.3 Å². The maximum absolute atomic E-state index is 6.55. The summed E-state index contributed by atoms with van der Waals surface area (Å²) in [6.07, 6.45) is 11.1. The third-order valence-corrected chi connectivity index (χ3v) is 5.77. The zero-order valence-electron chi connectivity index (χ0n) is 13.4. The molecule has 1 aliphatic heterocycles. The molecule has 2 atom stereocenters. The van der Waals surface area contributed by atoms with Gasteiger partial charge in [0.05, 0.1) is 11.7 Å². The lowest BCUT2D eigenvalue weighted by molar-refractivity contribution is -0.0791.